The van der Waals surface area contributed by atoms with E-state index >= 15 is 0 Å². The molecule has 0 aromatic heterocycles. The van der Waals surface area contributed by atoms with Gasteiger partial charge in [0.2, 0.25) is 0 Å². The standard InChI is InChI=1S/C17H18ClNO2/c1-11-8-9-12(2)13(10-11)16(17(20)21-3)19-15-7-5-4-6-14(15)18/h4-10,16,19H,1-3H3. The smallest absolute Gasteiger partial charge is 0.332 e. The van der Waals surface area contributed by atoms with Crippen molar-refractivity contribution in [1.29, 1.82) is 0 Å². The SMILES string of the molecule is COC(=O)C(Nc1ccccc1Cl)c1cc(C)ccc1C. The average Bonchev–Trinajstić information content (AvgIpc) is 2.48. The molecule has 2 rings (SSSR count). The molecule has 2 aromatic rings. The number of carbonyl (C=O) groups is 1. The molecule has 21 heavy (non-hydrogen) atoms. The predicted molar refractivity (Wildman–Crippen MR) is 85.7 cm³/mol. The van der Waals surface area contributed by atoms with Crippen LogP contribution in [0.4, 0.5) is 5.69 Å². The second-order valence-electron chi connectivity index (χ2n) is 4.94. The van der Waals surface area contributed by atoms with E-state index in [9.17, 15) is 4.79 Å². The van der Waals surface area contributed by atoms with Gasteiger partial charge < -0.3 is 10.1 Å². The number of hydrogen-bond donors (Lipinski definition) is 1. The first-order valence-corrected chi connectivity index (χ1v) is 7.06. The summed E-state index contributed by atoms with van der Waals surface area (Å²) in [6.07, 6.45) is 0. The number of aryl methyl sites for hydroxylation is 2. The van der Waals surface area contributed by atoms with Crippen molar-refractivity contribution in [2.24, 2.45) is 0 Å². The van der Waals surface area contributed by atoms with E-state index in [4.69, 9.17) is 16.3 Å². The lowest BCUT2D eigenvalue weighted by molar-refractivity contribution is -0.141. The molecule has 1 unspecified atom stereocenters. The van der Waals surface area contributed by atoms with E-state index in [2.05, 4.69) is 5.32 Å². The van der Waals surface area contributed by atoms with Crippen LogP contribution in [0.5, 0.6) is 0 Å². The number of esters is 1. The van der Waals surface area contributed by atoms with Crippen molar-refractivity contribution < 1.29 is 9.53 Å². The first kappa shape index (κ1) is 15.4. The van der Waals surface area contributed by atoms with E-state index in [0.717, 1.165) is 16.7 Å². The minimum Gasteiger partial charge on any atom is -0.467 e. The molecule has 3 nitrogen and oxygen atoms in total. The number of anilines is 1. The summed E-state index contributed by atoms with van der Waals surface area (Å²) in [4.78, 5) is 12.2. The number of carbonyl (C=O) groups excluding carboxylic acids is 1. The van der Waals surface area contributed by atoms with Crippen LogP contribution in [0.2, 0.25) is 5.02 Å². The molecule has 110 valence electrons. The Labute approximate surface area is 129 Å². The molecule has 1 N–H and O–H groups in total. The maximum Gasteiger partial charge on any atom is 0.332 e. The van der Waals surface area contributed by atoms with Crippen LogP contribution < -0.4 is 5.32 Å². The number of halogens is 1. The van der Waals surface area contributed by atoms with E-state index in [-0.39, 0.29) is 5.97 Å². The lowest BCUT2D eigenvalue weighted by atomic mass is 9.98. The molecule has 0 aliphatic carbocycles. The molecule has 0 saturated carbocycles. The normalized spacial score (nSPS) is 11.8. The molecule has 2 aromatic carbocycles. The van der Waals surface area contributed by atoms with Crippen LogP contribution in [0.1, 0.15) is 22.7 Å². The van der Waals surface area contributed by atoms with Crippen molar-refractivity contribution >= 4 is 23.3 Å². The van der Waals surface area contributed by atoms with Crippen molar-refractivity contribution in [3.8, 4) is 0 Å². The van der Waals surface area contributed by atoms with E-state index < -0.39 is 6.04 Å². The number of nitrogens with one attached hydrogen (secondary N) is 1. The van der Waals surface area contributed by atoms with Gasteiger partial charge in [-0.15, -0.1) is 0 Å². The van der Waals surface area contributed by atoms with E-state index in [1.807, 2.05) is 50.2 Å². The second kappa shape index (κ2) is 6.64. The average molecular weight is 304 g/mol. The summed E-state index contributed by atoms with van der Waals surface area (Å²) in [5, 5.41) is 3.74. The Morgan fingerprint density at radius 1 is 1.19 bits per heavy atom. The van der Waals surface area contributed by atoms with Gasteiger partial charge in [-0.05, 0) is 37.1 Å². The first-order valence-electron chi connectivity index (χ1n) is 6.69. The molecule has 0 aliphatic rings. The van der Waals surface area contributed by atoms with Gasteiger partial charge in [0.25, 0.3) is 0 Å². The topological polar surface area (TPSA) is 38.3 Å². The summed E-state index contributed by atoms with van der Waals surface area (Å²) in [6, 6.07) is 12.7. The summed E-state index contributed by atoms with van der Waals surface area (Å²) in [7, 11) is 1.38. The lowest BCUT2D eigenvalue weighted by Crippen LogP contribution is -2.23. The summed E-state index contributed by atoms with van der Waals surface area (Å²) in [6.45, 7) is 3.96. The van der Waals surface area contributed by atoms with Gasteiger partial charge in [0.05, 0.1) is 17.8 Å². The zero-order valence-electron chi connectivity index (χ0n) is 12.3. The van der Waals surface area contributed by atoms with Gasteiger partial charge in [-0.2, -0.15) is 0 Å². The van der Waals surface area contributed by atoms with Gasteiger partial charge in [-0.3, -0.25) is 0 Å². The van der Waals surface area contributed by atoms with Crippen LogP contribution in [0.15, 0.2) is 42.5 Å². The van der Waals surface area contributed by atoms with Crippen molar-refractivity contribution in [3.63, 3.8) is 0 Å². The van der Waals surface area contributed by atoms with Gasteiger partial charge in [-0.25, -0.2) is 4.79 Å². The largest absolute Gasteiger partial charge is 0.467 e. The van der Waals surface area contributed by atoms with E-state index in [1.165, 1.54) is 7.11 Å². The van der Waals surface area contributed by atoms with Gasteiger partial charge >= 0.3 is 5.97 Å². The maximum atomic E-state index is 12.2. The quantitative estimate of drug-likeness (QED) is 0.857. The van der Waals surface area contributed by atoms with Crippen molar-refractivity contribution in [3.05, 3.63) is 64.2 Å². The van der Waals surface area contributed by atoms with Crippen LogP contribution in [0.3, 0.4) is 0 Å². The minimum atomic E-state index is -0.588. The fraction of sp³-hybridized carbons (Fsp3) is 0.235. The van der Waals surface area contributed by atoms with Gasteiger partial charge in [-0.1, -0.05) is 47.5 Å². The Morgan fingerprint density at radius 2 is 1.90 bits per heavy atom. The highest BCUT2D eigenvalue weighted by atomic mass is 35.5. The van der Waals surface area contributed by atoms with Crippen LogP contribution >= 0.6 is 11.6 Å². The highest BCUT2D eigenvalue weighted by Crippen LogP contribution is 2.28. The number of ether oxygens (including phenoxy) is 1. The Morgan fingerprint density at radius 3 is 2.57 bits per heavy atom. The van der Waals surface area contributed by atoms with Crippen LogP contribution in [-0.2, 0) is 9.53 Å². The molecule has 0 amide bonds. The molecule has 0 saturated heterocycles. The number of methoxy groups -OCH3 is 1. The van der Waals surface area contributed by atoms with Crippen LogP contribution in [-0.4, -0.2) is 13.1 Å². The summed E-state index contributed by atoms with van der Waals surface area (Å²) in [5.74, 6) is -0.344. The minimum absolute atomic E-state index is 0.344. The molecule has 0 aliphatic heterocycles. The summed E-state index contributed by atoms with van der Waals surface area (Å²) >= 11 is 6.16. The fourth-order valence-electron chi connectivity index (χ4n) is 2.19. The first-order chi connectivity index (χ1) is 10.0. The predicted octanol–water partition coefficient (Wildman–Crippen LogP) is 4.28. The number of rotatable bonds is 4. The number of para-hydroxylation sites is 1. The molecule has 4 heteroatoms. The zero-order valence-corrected chi connectivity index (χ0v) is 13.1. The van der Waals surface area contributed by atoms with E-state index in [0.29, 0.717) is 10.7 Å². The Bertz CT molecular complexity index is 655. The number of benzene rings is 2. The second-order valence-corrected chi connectivity index (χ2v) is 5.35. The molecule has 0 fully saturated rings. The maximum absolute atomic E-state index is 12.2. The molecule has 1 atom stereocenters. The third-order valence-electron chi connectivity index (χ3n) is 3.36. The molecule has 0 bridgehead atoms. The highest BCUT2D eigenvalue weighted by molar-refractivity contribution is 6.33. The van der Waals surface area contributed by atoms with Crippen LogP contribution in [0, 0.1) is 13.8 Å². The van der Waals surface area contributed by atoms with Gasteiger partial charge in [0, 0.05) is 0 Å². The van der Waals surface area contributed by atoms with Gasteiger partial charge in [0.1, 0.15) is 0 Å². The fourth-order valence-corrected chi connectivity index (χ4v) is 2.38. The highest BCUT2D eigenvalue weighted by Gasteiger charge is 2.23. The summed E-state index contributed by atoms with van der Waals surface area (Å²) < 4.78 is 4.93. The third-order valence-corrected chi connectivity index (χ3v) is 3.69. The monoisotopic (exact) mass is 303 g/mol. The van der Waals surface area contributed by atoms with Crippen LogP contribution in [0.25, 0.3) is 0 Å². The third kappa shape index (κ3) is 3.56. The van der Waals surface area contributed by atoms with E-state index in [1.54, 1.807) is 6.07 Å². The molecule has 0 heterocycles. The van der Waals surface area contributed by atoms with Crippen molar-refractivity contribution in [1.82, 2.24) is 0 Å². The summed E-state index contributed by atoms with van der Waals surface area (Å²) in [5.41, 5.74) is 3.71. The van der Waals surface area contributed by atoms with Crippen molar-refractivity contribution in [2.75, 3.05) is 12.4 Å². The lowest BCUT2D eigenvalue weighted by Gasteiger charge is -2.21. The van der Waals surface area contributed by atoms with Gasteiger partial charge in [0.15, 0.2) is 6.04 Å². The zero-order chi connectivity index (χ0) is 15.4. The Hall–Kier alpha value is -2.00. The Kier molecular flexibility index (Phi) is 4.86. The van der Waals surface area contributed by atoms with Crippen molar-refractivity contribution in [2.45, 2.75) is 19.9 Å². The molecular formula is C17H18ClNO2. The molecular weight excluding hydrogens is 286 g/mol. The molecule has 0 spiro atoms. The molecule has 0 radical (unpaired) electrons. The Balaban J connectivity index is 2.42. The number of hydrogen-bond acceptors (Lipinski definition) is 3.